The Hall–Kier alpha value is -0.0800. The zero-order valence-electron chi connectivity index (χ0n) is 11.3. The third-order valence-corrected chi connectivity index (χ3v) is 4.86. The van der Waals surface area contributed by atoms with Crippen LogP contribution >= 0.6 is 0 Å². The van der Waals surface area contributed by atoms with Gasteiger partial charge in [0.25, 0.3) is 0 Å². The molecule has 2 fully saturated rings. The number of hydrogen-bond acceptors (Lipinski definition) is 2. The number of rotatable bonds is 5. The minimum Gasteiger partial charge on any atom is -0.381 e. The highest BCUT2D eigenvalue weighted by Crippen LogP contribution is 2.43. The highest BCUT2D eigenvalue weighted by molar-refractivity contribution is 5.03. The van der Waals surface area contributed by atoms with E-state index >= 15 is 0 Å². The molecule has 0 amide bonds. The van der Waals surface area contributed by atoms with Gasteiger partial charge in [-0.2, -0.15) is 0 Å². The molecular weight excluding hydrogens is 198 g/mol. The second kappa shape index (κ2) is 4.66. The van der Waals surface area contributed by atoms with E-state index in [1.807, 2.05) is 7.11 Å². The van der Waals surface area contributed by atoms with Gasteiger partial charge in [-0.25, -0.2) is 0 Å². The molecule has 0 aliphatic heterocycles. The Labute approximate surface area is 100 Å². The Morgan fingerprint density at radius 1 is 1.38 bits per heavy atom. The van der Waals surface area contributed by atoms with Crippen LogP contribution in [-0.2, 0) is 4.74 Å². The van der Waals surface area contributed by atoms with Crippen LogP contribution in [0.5, 0.6) is 0 Å². The van der Waals surface area contributed by atoms with E-state index in [1.54, 1.807) is 0 Å². The second-order valence-corrected chi connectivity index (χ2v) is 6.43. The first-order chi connectivity index (χ1) is 7.54. The molecule has 16 heavy (non-hydrogen) atoms. The van der Waals surface area contributed by atoms with Crippen LogP contribution in [0.25, 0.3) is 0 Å². The summed E-state index contributed by atoms with van der Waals surface area (Å²) in [5.41, 5.74) is 0.308. The average Bonchev–Trinajstić information content (AvgIpc) is 2.17. The third kappa shape index (κ3) is 2.28. The highest BCUT2D eigenvalue weighted by atomic mass is 16.5. The number of nitrogens with one attached hydrogen (secondary N) is 1. The molecule has 3 unspecified atom stereocenters. The third-order valence-electron chi connectivity index (χ3n) is 4.86. The summed E-state index contributed by atoms with van der Waals surface area (Å²) < 4.78 is 5.49. The Bertz CT molecular complexity index is 235. The van der Waals surface area contributed by atoms with Crippen LogP contribution < -0.4 is 5.32 Å². The maximum atomic E-state index is 5.49. The smallest absolute Gasteiger partial charge is 0.0652 e. The van der Waals surface area contributed by atoms with Gasteiger partial charge in [0.05, 0.1) is 6.10 Å². The van der Waals surface area contributed by atoms with Crippen LogP contribution in [0.1, 0.15) is 52.9 Å². The lowest BCUT2D eigenvalue weighted by Gasteiger charge is -2.52. The zero-order chi connectivity index (χ0) is 11.8. The molecular formula is C14H27NO. The van der Waals surface area contributed by atoms with E-state index in [9.17, 15) is 0 Å². The first-order valence-electron chi connectivity index (χ1n) is 6.83. The maximum Gasteiger partial charge on any atom is 0.0652 e. The Morgan fingerprint density at radius 3 is 2.50 bits per heavy atom. The molecule has 0 saturated heterocycles. The van der Waals surface area contributed by atoms with Crippen molar-refractivity contribution in [2.75, 3.05) is 7.11 Å². The van der Waals surface area contributed by atoms with Crippen molar-refractivity contribution in [2.24, 2.45) is 11.3 Å². The van der Waals surface area contributed by atoms with E-state index in [-0.39, 0.29) is 0 Å². The summed E-state index contributed by atoms with van der Waals surface area (Å²) in [5.74, 6) is 1.00. The van der Waals surface area contributed by atoms with Crippen LogP contribution in [-0.4, -0.2) is 25.3 Å². The van der Waals surface area contributed by atoms with Crippen molar-refractivity contribution in [2.45, 2.75) is 71.1 Å². The summed E-state index contributed by atoms with van der Waals surface area (Å²) in [6.07, 6.45) is 7.36. The van der Waals surface area contributed by atoms with E-state index in [0.717, 1.165) is 5.92 Å². The van der Waals surface area contributed by atoms with Gasteiger partial charge in [0.1, 0.15) is 0 Å². The summed E-state index contributed by atoms with van der Waals surface area (Å²) in [6.45, 7) is 6.98. The van der Waals surface area contributed by atoms with Crippen LogP contribution in [0.3, 0.4) is 0 Å². The molecule has 0 heterocycles. The fraction of sp³-hybridized carbons (Fsp3) is 1.00. The summed E-state index contributed by atoms with van der Waals surface area (Å²) in [4.78, 5) is 0. The first-order valence-corrected chi connectivity index (χ1v) is 6.83. The van der Waals surface area contributed by atoms with Crippen molar-refractivity contribution in [1.82, 2.24) is 5.32 Å². The summed E-state index contributed by atoms with van der Waals surface area (Å²) >= 11 is 0. The molecule has 2 rings (SSSR count). The van der Waals surface area contributed by atoms with Gasteiger partial charge in [-0.3, -0.25) is 0 Å². The number of methoxy groups -OCH3 is 1. The largest absolute Gasteiger partial charge is 0.381 e. The van der Waals surface area contributed by atoms with Gasteiger partial charge in [-0.15, -0.1) is 0 Å². The number of hydrogen-bond donors (Lipinski definition) is 1. The Balaban J connectivity index is 1.73. The fourth-order valence-corrected chi connectivity index (χ4v) is 3.21. The van der Waals surface area contributed by atoms with Gasteiger partial charge in [-0.05, 0) is 25.7 Å². The summed E-state index contributed by atoms with van der Waals surface area (Å²) in [7, 11) is 1.83. The molecule has 2 nitrogen and oxygen atoms in total. The van der Waals surface area contributed by atoms with Crippen LogP contribution in [0.2, 0.25) is 0 Å². The number of ether oxygens (including phenoxy) is 1. The van der Waals surface area contributed by atoms with Gasteiger partial charge in [-0.1, -0.05) is 33.1 Å². The lowest BCUT2D eigenvalue weighted by molar-refractivity contribution is -0.100. The average molecular weight is 225 g/mol. The zero-order valence-corrected chi connectivity index (χ0v) is 11.3. The molecule has 0 aromatic heterocycles. The highest BCUT2D eigenvalue weighted by Gasteiger charge is 2.48. The molecule has 94 valence electrons. The van der Waals surface area contributed by atoms with E-state index in [0.29, 0.717) is 23.6 Å². The lowest BCUT2D eigenvalue weighted by Crippen LogP contribution is -2.62. The SMILES string of the molecule is COC1CC(NC(C)CC2CCC2)C1(C)C. The molecule has 0 spiro atoms. The minimum absolute atomic E-state index is 0.308. The predicted molar refractivity (Wildman–Crippen MR) is 67.5 cm³/mol. The molecule has 2 aliphatic carbocycles. The monoisotopic (exact) mass is 225 g/mol. The fourth-order valence-electron chi connectivity index (χ4n) is 3.21. The van der Waals surface area contributed by atoms with Crippen molar-refractivity contribution < 1.29 is 4.74 Å². The normalized spacial score (nSPS) is 35.2. The van der Waals surface area contributed by atoms with Crippen LogP contribution in [0.15, 0.2) is 0 Å². The lowest BCUT2D eigenvalue weighted by atomic mass is 9.64. The molecule has 0 radical (unpaired) electrons. The Kier molecular flexibility index (Phi) is 3.60. The van der Waals surface area contributed by atoms with E-state index in [4.69, 9.17) is 4.74 Å². The molecule has 2 aliphatic rings. The van der Waals surface area contributed by atoms with Gasteiger partial charge in [0.2, 0.25) is 0 Å². The summed E-state index contributed by atoms with van der Waals surface area (Å²) in [6, 6.07) is 1.32. The van der Waals surface area contributed by atoms with E-state index < -0.39 is 0 Å². The maximum absolute atomic E-state index is 5.49. The minimum atomic E-state index is 0.308. The molecule has 3 atom stereocenters. The van der Waals surface area contributed by atoms with Crippen LogP contribution in [0, 0.1) is 11.3 Å². The van der Waals surface area contributed by atoms with Crippen molar-refractivity contribution in [3.05, 3.63) is 0 Å². The molecule has 0 aromatic rings. The van der Waals surface area contributed by atoms with Crippen molar-refractivity contribution in [3.63, 3.8) is 0 Å². The molecule has 0 aromatic carbocycles. The quantitative estimate of drug-likeness (QED) is 0.776. The van der Waals surface area contributed by atoms with Gasteiger partial charge >= 0.3 is 0 Å². The first kappa shape index (κ1) is 12.4. The topological polar surface area (TPSA) is 21.3 Å². The van der Waals surface area contributed by atoms with E-state index in [1.165, 1.54) is 32.1 Å². The van der Waals surface area contributed by atoms with Gasteiger partial charge < -0.3 is 10.1 Å². The Morgan fingerprint density at radius 2 is 2.06 bits per heavy atom. The van der Waals surface area contributed by atoms with Gasteiger partial charge in [0, 0.05) is 24.6 Å². The van der Waals surface area contributed by atoms with Crippen molar-refractivity contribution in [1.29, 1.82) is 0 Å². The molecule has 2 heteroatoms. The van der Waals surface area contributed by atoms with Crippen molar-refractivity contribution >= 4 is 0 Å². The molecule has 2 saturated carbocycles. The van der Waals surface area contributed by atoms with Gasteiger partial charge in [0.15, 0.2) is 0 Å². The predicted octanol–water partition coefficient (Wildman–Crippen LogP) is 2.97. The molecule has 1 N–H and O–H groups in total. The second-order valence-electron chi connectivity index (χ2n) is 6.43. The molecule has 0 bridgehead atoms. The summed E-state index contributed by atoms with van der Waals surface area (Å²) in [5, 5.41) is 3.79. The van der Waals surface area contributed by atoms with E-state index in [2.05, 4.69) is 26.1 Å². The van der Waals surface area contributed by atoms with Crippen molar-refractivity contribution in [3.8, 4) is 0 Å². The van der Waals surface area contributed by atoms with Crippen LogP contribution in [0.4, 0.5) is 0 Å². The standard InChI is InChI=1S/C14H27NO/c1-10(8-11-6-5-7-11)15-12-9-13(16-4)14(12,2)3/h10-13,15H,5-9H2,1-4H3.